The van der Waals surface area contributed by atoms with Gasteiger partial charge in [0.05, 0.1) is 5.02 Å². The molecule has 1 heterocycles. The molecule has 0 radical (unpaired) electrons. The Balaban J connectivity index is 1.95. The average Bonchev–Trinajstić information content (AvgIpc) is 2.94. The lowest BCUT2D eigenvalue weighted by molar-refractivity contribution is 0.558. The molecule has 1 aromatic heterocycles. The lowest BCUT2D eigenvalue weighted by Crippen LogP contribution is -2.17. The summed E-state index contributed by atoms with van der Waals surface area (Å²) in [5.41, 5.74) is 9.24. The van der Waals surface area contributed by atoms with E-state index in [2.05, 4.69) is 24.3 Å². The Morgan fingerprint density at radius 3 is 2.88 bits per heavy atom. The highest BCUT2D eigenvalue weighted by Gasteiger charge is 2.29. The smallest absolute Gasteiger partial charge is 0.0561 e. The molecule has 0 fully saturated rings. The Kier molecular flexibility index (Phi) is 2.95. The maximum absolute atomic E-state index is 6.39. The van der Waals surface area contributed by atoms with Crippen LogP contribution in [-0.2, 0) is 6.42 Å². The zero-order chi connectivity index (χ0) is 11.8. The molecule has 1 aromatic carbocycles. The van der Waals surface area contributed by atoms with Crippen molar-refractivity contribution in [2.24, 2.45) is 5.73 Å². The van der Waals surface area contributed by atoms with Gasteiger partial charge in [-0.05, 0) is 35.4 Å². The third-order valence-electron chi connectivity index (χ3n) is 3.56. The second-order valence-electron chi connectivity index (χ2n) is 4.50. The minimum Gasteiger partial charge on any atom is -0.323 e. The Bertz CT molecular complexity index is 535. The van der Waals surface area contributed by atoms with Crippen LogP contribution in [0.25, 0.3) is 0 Å². The van der Waals surface area contributed by atoms with Crippen molar-refractivity contribution in [3.8, 4) is 0 Å². The van der Waals surface area contributed by atoms with Crippen LogP contribution < -0.4 is 5.73 Å². The standard InChI is InChI=1S/C14H14ClNS/c15-12-7-8-17-14(12)13(16)11-6-5-9-3-1-2-4-10(9)11/h1-4,7-8,11,13H,5-6,16H2. The van der Waals surface area contributed by atoms with Crippen LogP contribution >= 0.6 is 22.9 Å². The molecule has 0 aliphatic heterocycles. The topological polar surface area (TPSA) is 26.0 Å². The Hall–Kier alpha value is -0.830. The molecule has 1 nitrogen and oxygen atoms in total. The van der Waals surface area contributed by atoms with Crippen LogP contribution in [0.4, 0.5) is 0 Å². The second-order valence-corrected chi connectivity index (χ2v) is 5.86. The fourth-order valence-electron chi connectivity index (χ4n) is 2.69. The van der Waals surface area contributed by atoms with Crippen LogP contribution in [-0.4, -0.2) is 0 Å². The number of benzene rings is 1. The highest BCUT2D eigenvalue weighted by atomic mass is 35.5. The zero-order valence-electron chi connectivity index (χ0n) is 9.40. The summed E-state index contributed by atoms with van der Waals surface area (Å²) >= 11 is 7.83. The van der Waals surface area contributed by atoms with Crippen molar-refractivity contribution in [2.75, 3.05) is 0 Å². The summed E-state index contributed by atoms with van der Waals surface area (Å²) in [5, 5.41) is 2.82. The molecule has 2 N–H and O–H groups in total. The fourth-order valence-corrected chi connectivity index (χ4v) is 3.94. The Labute approximate surface area is 110 Å². The lowest BCUT2D eigenvalue weighted by atomic mass is 9.93. The van der Waals surface area contributed by atoms with Crippen molar-refractivity contribution in [3.63, 3.8) is 0 Å². The van der Waals surface area contributed by atoms with Crippen LogP contribution in [0.1, 0.15) is 34.4 Å². The van der Waals surface area contributed by atoms with Gasteiger partial charge in [-0.2, -0.15) is 0 Å². The summed E-state index contributed by atoms with van der Waals surface area (Å²) < 4.78 is 0. The van der Waals surface area contributed by atoms with Crippen LogP contribution in [0.3, 0.4) is 0 Å². The van der Waals surface area contributed by atoms with Crippen molar-refractivity contribution in [3.05, 3.63) is 56.7 Å². The van der Waals surface area contributed by atoms with Crippen molar-refractivity contribution in [2.45, 2.75) is 24.8 Å². The molecule has 0 bridgehead atoms. The van der Waals surface area contributed by atoms with Crippen LogP contribution in [0.15, 0.2) is 35.7 Å². The maximum Gasteiger partial charge on any atom is 0.0561 e. The average molecular weight is 264 g/mol. The van der Waals surface area contributed by atoms with E-state index >= 15 is 0 Å². The minimum absolute atomic E-state index is 0.0335. The molecule has 0 amide bonds. The third kappa shape index (κ3) is 1.90. The number of aryl methyl sites for hydroxylation is 1. The van der Waals surface area contributed by atoms with E-state index in [0.29, 0.717) is 5.92 Å². The van der Waals surface area contributed by atoms with E-state index in [1.54, 1.807) is 11.3 Å². The van der Waals surface area contributed by atoms with E-state index < -0.39 is 0 Å². The number of halogens is 1. The molecular formula is C14H14ClNS. The number of thiophene rings is 1. The van der Waals surface area contributed by atoms with Gasteiger partial charge in [0, 0.05) is 16.8 Å². The summed E-state index contributed by atoms with van der Waals surface area (Å²) in [6.07, 6.45) is 2.27. The molecule has 3 rings (SSSR count). The van der Waals surface area contributed by atoms with Gasteiger partial charge in [-0.25, -0.2) is 0 Å². The number of hydrogen-bond acceptors (Lipinski definition) is 2. The molecule has 1 aliphatic carbocycles. The minimum atomic E-state index is 0.0335. The van der Waals surface area contributed by atoms with E-state index in [9.17, 15) is 0 Å². The molecule has 3 heteroatoms. The molecule has 17 heavy (non-hydrogen) atoms. The summed E-state index contributed by atoms with van der Waals surface area (Å²) in [5.74, 6) is 0.419. The monoisotopic (exact) mass is 263 g/mol. The van der Waals surface area contributed by atoms with Crippen LogP contribution in [0.5, 0.6) is 0 Å². The fraction of sp³-hybridized carbons (Fsp3) is 0.286. The third-order valence-corrected chi connectivity index (χ3v) is 5.02. The SMILES string of the molecule is NC(c1sccc1Cl)C1CCc2ccccc21. The van der Waals surface area contributed by atoms with Gasteiger partial charge in [0.25, 0.3) is 0 Å². The van der Waals surface area contributed by atoms with Gasteiger partial charge in [-0.15, -0.1) is 11.3 Å². The molecule has 2 aromatic rings. The Morgan fingerprint density at radius 1 is 1.29 bits per heavy atom. The summed E-state index contributed by atoms with van der Waals surface area (Å²) in [6.45, 7) is 0. The van der Waals surface area contributed by atoms with E-state index in [0.717, 1.165) is 22.7 Å². The van der Waals surface area contributed by atoms with Gasteiger partial charge in [-0.3, -0.25) is 0 Å². The highest BCUT2D eigenvalue weighted by molar-refractivity contribution is 7.10. The summed E-state index contributed by atoms with van der Waals surface area (Å²) in [4.78, 5) is 1.12. The van der Waals surface area contributed by atoms with Crippen molar-refractivity contribution >= 4 is 22.9 Å². The molecule has 2 unspecified atom stereocenters. The van der Waals surface area contributed by atoms with Gasteiger partial charge >= 0.3 is 0 Å². The predicted octanol–water partition coefficient (Wildman–Crippen LogP) is 4.13. The first kappa shape index (κ1) is 11.3. The number of fused-ring (bicyclic) bond motifs is 1. The number of rotatable bonds is 2. The van der Waals surface area contributed by atoms with Crippen LogP contribution in [0.2, 0.25) is 5.02 Å². The van der Waals surface area contributed by atoms with E-state index in [1.807, 2.05) is 11.4 Å². The van der Waals surface area contributed by atoms with Gasteiger partial charge in [-0.1, -0.05) is 35.9 Å². The quantitative estimate of drug-likeness (QED) is 0.866. The highest BCUT2D eigenvalue weighted by Crippen LogP contribution is 2.43. The van der Waals surface area contributed by atoms with E-state index in [-0.39, 0.29) is 6.04 Å². The van der Waals surface area contributed by atoms with Gasteiger partial charge in [0.1, 0.15) is 0 Å². The first-order chi connectivity index (χ1) is 8.27. The van der Waals surface area contributed by atoms with Crippen molar-refractivity contribution < 1.29 is 0 Å². The molecule has 0 spiro atoms. The van der Waals surface area contributed by atoms with Gasteiger partial charge in [0.2, 0.25) is 0 Å². The zero-order valence-corrected chi connectivity index (χ0v) is 11.0. The molecular weight excluding hydrogens is 250 g/mol. The van der Waals surface area contributed by atoms with Crippen LogP contribution in [0, 0.1) is 0 Å². The predicted molar refractivity (Wildman–Crippen MR) is 73.8 cm³/mol. The molecule has 88 valence electrons. The molecule has 0 saturated heterocycles. The second kappa shape index (κ2) is 4.45. The van der Waals surface area contributed by atoms with Crippen molar-refractivity contribution in [1.29, 1.82) is 0 Å². The van der Waals surface area contributed by atoms with Gasteiger partial charge in [0.15, 0.2) is 0 Å². The summed E-state index contributed by atoms with van der Waals surface area (Å²) in [6, 6.07) is 10.6. The lowest BCUT2D eigenvalue weighted by Gasteiger charge is -2.19. The maximum atomic E-state index is 6.39. The molecule has 2 atom stereocenters. The normalized spacial score (nSPS) is 20.2. The number of nitrogens with two attached hydrogens (primary N) is 1. The Morgan fingerprint density at radius 2 is 2.12 bits per heavy atom. The molecule has 0 saturated carbocycles. The van der Waals surface area contributed by atoms with Gasteiger partial charge < -0.3 is 5.73 Å². The molecule has 1 aliphatic rings. The summed E-state index contributed by atoms with van der Waals surface area (Å²) in [7, 11) is 0. The number of hydrogen-bond donors (Lipinski definition) is 1. The van der Waals surface area contributed by atoms with E-state index in [4.69, 9.17) is 17.3 Å². The largest absolute Gasteiger partial charge is 0.323 e. The van der Waals surface area contributed by atoms with E-state index in [1.165, 1.54) is 11.1 Å². The van der Waals surface area contributed by atoms with Crippen molar-refractivity contribution in [1.82, 2.24) is 0 Å². The first-order valence-electron chi connectivity index (χ1n) is 5.83. The first-order valence-corrected chi connectivity index (χ1v) is 7.09.